The largest absolute Gasteiger partial charge is 0.478 e. The van der Waals surface area contributed by atoms with Gasteiger partial charge in [-0.3, -0.25) is 0 Å². The van der Waals surface area contributed by atoms with Gasteiger partial charge in [0.2, 0.25) is 10.0 Å². The number of hydrogen-bond donors (Lipinski definition) is 1. The van der Waals surface area contributed by atoms with E-state index in [1.165, 1.54) is 0 Å². The molecular formula is C13H16FNO5S. The van der Waals surface area contributed by atoms with Gasteiger partial charge in [-0.2, -0.15) is 4.31 Å². The summed E-state index contributed by atoms with van der Waals surface area (Å²) in [4.78, 5) is 10.3. The average molecular weight is 317 g/mol. The van der Waals surface area contributed by atoms with Crippen molar-refractivity contribution in [2.75, 3.05) is 13.1 Å². The highest BCUT2D eigenvalue weighted by Crippen LogP contribution is 2.24. The fourth-order valence-electron chi connectivity index (χ4n) is 2.30. The van der Waals surface area contributed by atoms with Crippen LogP contribution in [0.5, 0.6) is 0 Å². The molecular weight excluding hydrogens is 301 g/mol. The van der Waals surface area contributed by atoms with Crippen molar-refractivity contribution >= 4 is 16.0 Å². The van der Waals surface area contributed by atoms with Crippen LogP contribution in [0.15, 0.2) is 23.1 Å². The van der Waals surface area contributed by atoms with Crippen LogP contribution in [0.25, 0.3) is 0 Å². The Morgan fingerprint density at radius 1 is 1.33 bits per heavy atom. The molecule has 116 valence electrons. The molecule has 1 aliphatic rings. The third-order valence-electron chi connectivity index (χ3n) is 3.18. The fraction of sp³-hybridized carbons (Fsp3) is 0.462. The SMILES string of the molecule is C[C@@H]1CN(S(=O)(=O)c2cc(C(=O)O)ccc2F)C[C@H](C)O1. The Labute approximate surface area is 122 Å². The molecule has 0 aliphatic carbocycles. The zero-order valence-electron chi connectivity index (χ0n) is 11.6. The van der Waals surface area contributed by atoms with Gasteiger partial charge >= 0.3 is 5.97 Å². The van der Waals surface area contributed by atoms with E-state index in [4.69, 9.17) is 9.84 Å². The molecule has 1 saturated heterocycles. The van der Waals surface area contributed by atoms with E-state index in [0.717, 1.165) is 22.5 Å². The lowest BCUT2D eigenvalue weighted by atomic mass is 10.2. The van der Waals surface area contributed by atoms with Crippen LogP contribution >= 0.6 is 0 Å². The number of carboxylic acids is 1. The number of ether oxygens (including phenoxy) is 1. The second-order valence-electron chi connectivity index (χ2n) is 5.03. The van der Waals surface area contributed by atoms with Gasteiger partial charge in [0.1, 0.15) is 10.7 Å². The molecule has 1 fully saturated rings. The number of rotatable bonds is 3. The van der Waals surface area contributed by atoms with Crippen LogP contribution in [-0.2, 0) is 14.8 Å². The van der Waals surface area contributed by atoms with Crippen molar-refractivity contribution in [2.24, 2.45) is 0 Å². The molecule has 0 unspecified atom stereocenters. The Morgan fingerprint density at radius 2 is 1.90 bits per heavy atom. The second-order valence-corrected chi connectivity index (χ2v) is 6.94. The molecule has 0 saturated carbocycles. The predicted octanol–water partition coefficient (Wildman–Crippen LogP) is 1.32. The van der Waals surface area contributed by atoms with E-state index in [1.807, 2.05) is 0 Å². The van der Waals surface area contributed by atoms with Crippen molar-refractivity contribution < 1.29 is 27.4 Å². The van der Waals surface area contributed by atoms with Crippen LogP contribution in [0.3, 0.4) is 0 Å². The van der Waals surface area contributed by atoms with E-state index >= 15 is 0 Å². The predicted molar refractivity (Wildman–Crippen MR) is 72.1 cm³/mol. The monoisotopic (exact) mass is 317 g/mol. The smallest absolute Gasteiger partial charge is 0.335 e. The first-order valence-corrected chi connectivity index (χ1v) is 7.84. The summed E-state index contributed by atoms with van der Waals surface area (Å²) < 4.78 is 45.4. The highest BCUT2D eigenvalue weighted by Gasteiger charge is 2.34. The molecule has 2 rings (SSSR count). The number of benzene rings is 1. The van der Waals surface area contributed by atoms with E-state index in [0.29, 0.717) is 0 Å². The van der Waals surface area contributed by atoms with Crippen LogP contribution in [0.4, 0.5) is 4.39 Å². The van der Waals surface area contributed by atoms with Crippen molar-refractivity contribution in [2.45, 2.75) is 31.0 Å². The lowest BCUT2D eigenvalue weighted by molar-refractivity contribution is -0.0441. The highest BCUT2D eigenvalue weighted by atomic mass is 32.2. The first-order valence-electron chi connectivity index (χ1n) is 6.40. The minimum Gasteiger partial charge on any atom is -0.478 e. The molecule has 0 bridgehead atoms. The maximum absolute atomic E-state index is 13.8. The van der Waals surface area contributed by atoms with Gasteiger partial charge in [0.15, 0.2) is 0 Å². The van der Waals surface area contributed by atoms with Crippen molar-refractivity contribution in [3.63, 3.8) is 0 Å². The molecule has 1 aromatic carbocycles. The first kappa shape index (κ1) is 15.9. The number of morpholine rings is 1. The quantitative estimate of drug-likeness (QED) is 0.909. The number of halogens is 1. The summed E-state index contributed by atoms with van der Waals surface area (Å²) in [6.07, 6.45) is -0.622. The van der Waals surface area contributed by atoms with E-state index in [-0.39, 0.29) is 30.9 Å². The Kier molecular flexibility index (Phi) is 4.31. The summed E-state index contributed by atoms with van der Waals surface area (Å²) in [5, 5.41) is 8.91. The van der Waals surface area contributed by atoms with E-state index < -0.39 is 26.7 Å². The molecule has 21 heavy (non-hydrogen) atoms. The normalized spacial score (nSPS) is 24.0. The zero-order chi connectivity index (χ0) is 15.8. The Balaban J connectivity index is 2.44. The van der Waals surface area contributed by atoms with Gasteiger partial charge in [-0.1, -0.05) is 0 Å². The molecule has 2 atom stereocenters. The maximum atomic E-state index is 13.8. The number of nitrogens with zero attached hydrogens (tertiary/aromatic N) is 1. The molecule has 1 aliphatic heterocycles. The first-order chi connectivity index (χ1) is 9.71. The Hall–Kier alpha value is -1.51. The number of sulfonamides is 1. The van der Waals surface area contributed by atoms with Crippen LogP contribution in [-0.4, -0.2) is 49.1 Å². The molecule has 0 spiro atoms. The number of carbonyl (C=O) groups is 1. The lowest BCUT2D eigenvalue weighted by Gasteiger charge is -2.34. The molecule has 0 radical (unpaired) electrons. The molecule has 1 heterocycles. The molecule has 0 aromatic heterocycles. The van der Waals surface area contributed by atoms with Crippen LogP contribution in [0.2, 0.25) is 0 Å². The number of carboxylic acid groups (broad SMARTS) is 1. The summed E-state index contributed by atoms with van der Waals surface area (Å²) in [5.41, 5.74) is -0.274. The molecule has 8 heteroatoms. The molecule has 6 nitrogen and oxygen atoms in total. The second kappa shape index (κ2) is 5.70. The van der Waals surface area contributed by atoms with Gasteiger partial charge in [0.05, 0.1) is 17.8 Å². The minimum atomic E-state index is -4.10. The summed E-state index contributed by atoms with van der Waals surface area (Å²) in [6.45, 7) is 3.65. The standard InChI is InChI=1S/C13H16FNO5S/c1-8-6-15(7-9(2)20-8)21(18,19)12-5-10(13(16)17)3-4-11(12)14/h3-5,8-9H,6-7H2,1-2H3,(H,16,17)/t8-,9+. The van der Waals surface area contributed by atoms with Crippen molar-refractivity contribution in [1.82, 2.24) is 4.31 Å². The molecule has 1 N–H and O–H groups in total. The summed E-state index contributed by atoms with van der Waals surface area (Å²) in [7, 11) is -4.10. The average Bonchev–Trinajstić information content (AvgIpc) is 2.37. The van der Waals surface area contributed by atoms with Gasteiger partial charge < -0.3 is 9.84 Å². The van der Waals surface area contributed by atoms with Gasteiger partial charge in [-0.15, -0.1) is 0 Å². The number of hydrogen-bond acceptors (Lipinski definition) is 4. The summed E-state index contributed by atoms with van der Waals surface area (Å²) in [6, 6.07) is 2.72. The number of aromatic carboxylic acids is 1. The third-order valence-corrected chi connectivity index (χ3v) is 5.03. The van der Waals surface area contributed by atoms with Crippen LogP contribution in [0, 0.1) is 5.82 Å². The Morgan fingerprint density at radius 3 is 2.43 bits per heavy atom. The Bertz CT molecular complexity index is 651. The van der Waals surface area contributed by atoms with Gasteiger partial charge in [-0.25, -0.2) is 17.6 Å². The van der Waals surface area contributed by atoms with Crippen LogP contribution < -0.4 is 0 Å². The minimum absolute atomic E-state index is 0.101. The van der Waals surface area contributed by atoms with E-state index in [9.17, 15) is 17.6 Å². The topological polar surface area (TPSA) is 83.9 Å². The fourth-order valence-corrected chi connectivity index (χ4v) is 3.98. The van der Waals surface area contributed by atoms with Crippen LogP contribution in [0.1, 0.15) is 24.2 Å². The van der Waals surface area contributed by atoms with Crippen molar-refractivity contribution in [3.05, 3.63) is 29.6 Å². The third kappa shape index (κ3) is 3.22. The van der Waals surface area contributed by atoms with Gasteiger partial charge in [-0.05, 0) is 32.0 Å². The van der Waals surface area contributed by atoms with Crippen molar-refractivity contribution in [1.29, 1.82) is 0 Å². The lowest BCUT2D eigenvalue weighted by Crippen LogP contribution is -2.48. The van der Waals surface area contributed by atoms with E-state index in [1.54, 1.807) is 13.8 Å². The molecule has 1 aromatic rings. The van der Waals surface area contributed by atoms with E-state index in [2.05, 4.69) is 0 Å². The maximum Gasteiger partial charge on any atom is 0.335 e. The zero-order valence-corrected chi connectivity index (χ0v) is 12.4. The van der Waals surface area contributed by atoms with Gasteiger partial charge in [0.25, 0.3) is 0 Å². The molecule has 0 amide bonds. The van der Waals surface area contributed by atoms with Gasteiger partial charge in [0, 0.05) is 13.1 Å². The van der Waals surface area contributed by atoms with Crippen molar-refractivity contribution in [3.8, 4) is 0 Å². The highest BCUT2D eigenvalue weighted by molar-refractivity contribution is 7.89. The summed E-state index contributed by atoms with van der Waals surface area (Å²) in [5.74, 6) is -2.28. The summed E-state index contributed by atoms with van der Waals surface area (Å²) >= 11 is 0.